The van der Waals surface area contributed by atoms with Gasteiger partial charge in [-0.3, -0.25) is 14.8 Å². The maximum atomic E-state index is 15.5. The molecule has 1 aromatic carbocycles. The summed E-state index contributed by atoms with van der Waals surface area (Å²) in [5.74, 6) is -1.28. The molecular formula is C23H25F2N3O3S. The van der Waals surface area contributed by atoms with E-state index in [1.54, 1.807) is 13.1 Å². The normalized spacial score (nSPS) is 25.8. The van der Waals surface area contributed by atoms with Crippen LogP contribution in [0, 0.1) is 19.7 Å². The fourth-order valence-corrected chi connectivity index (χ4v) is 6.99. The zero-order valence-corrected chi connectivity index (χ0v) is 19.0. The molecule has 6 nitrogen and oxygen atoms in total. The van der Waals surface area contributed by atoms with Crippen molar-refractivity contribution in [3.05, 3.63) is 64.2 Å². The first-order chi connectivity index (χ1) is 14.9. The molecule has 1 aliphatic heterocycles. The van der Waals surface area contributed by atoms with Crippen molar-refractivity contribution in [2.24, 2.45) is 10.7 Å². The minimum Gasteiger partial charge on any atom is -0.386 e. The summed E-state index contributed by atoms with van der Waals surface area (Å²) < 4.78 is 54.9. The Morgan fingerprint density at radius 1 is 1.25 bits per heavy atom. The molecule has 1 aromatic heterocycles. The number of rotatable bonds is 4. The standard InChI is InChI=1S/C23H25F2N3O3S/c1-13-9-14(2)19(27-12-13)18(29)11-15-5-6-17(24)16(10-15)22(3)20(25)32(30,31)23(7-4-8-23)21(26)28-22/h5-6,9-10,12,20H,4,7-8,11H2,1-3H3,(H2,26,28)/t20-,22+/m0/s1. The molecule has 2 atom stereocenters. The minimum atomic E-state index is -4.34. The van der Waals surface area contributed by atoms with E-state index in [9.17, 15) is 17.6 Å². The van der Waals surface area contributed by atoms with Gasteiger partial charge < -0.3 is 5.73 Å². The molecule has 1 spiro atoms. The Balaban J connectivity index is 1.74. The molecule has 0 amide bonds. The van der Waals surface area contributed by atoms with Crippen LogP contribution in [0.5, 0.6) is 0 Å². The van der Waals surface area contributed by atoms with Crippen molar-refractivity contribution in [3.8, 4) is 0 Å². The lowest BCUT2D eigenvalue weighted by Crippen LogP contribution is -2.64. The monoisotopic (exact) mass is 461 g/mol. The Morgan fingerprint density at radius 2 is 1.94 bits per heavy atom. The molecule has 2 heterocycles. The summed E-state index contributed by atoms with van der Waals surface area (Å²) >= 11 is 0. The van der Waals surface area contributed by atoms with Gasteiger partial charge in [0, 0.05) is 18.2 Å². The van der Waals surface area contributed by atoms with E-state index in [-0.39, 0.29) is 36.4 Å². The first kappa shape index (κ1) is 22.5. The molecule has 9 heteroatoms. The van der Waals surface area contributed by atoms with Gasteiger partial charge >= 0.3 is 0 Å². The van der Waals surface area contributed by atoms with Gasteiger partial charge in [-0.25, -0.2) is 17.2 Å². The lowest BCUT2D eigenvalue weighted by Gasteiger charge is -2.48. The minimum absolute atomic E-state index is 0.104. The number of aliphatic imine (C=N–C) groups is 1. The first-order valence-corrected chi connectivity index (χ1v) is 12.0. The number of pyridine rings is 1. The number of alkyl halides is 1. The molecule has 2 aromatic rings. The van der Waals surface area contributed by atoms with Crippen LogP contribution in [0.15, 0.2) is 35.5 Å². The number of nitrogens with two attached hydrogens (primary N) is 1. The molecule has 1 saturated carbocycles. The average molecular weight is 462 g/mol. The van der Waals surface area contributed by atoms with Crippen molar-refractivity contribution in [3.63, 3.8) is 0 Å². The zero-order valence-electron chi connectivity index (χ0n) is 18.2. The quantitative estimate of drug-likeness (QED) is 0.703. The third-order valence-electron chi connectivity index (χ3n) is 6.66. The fourth-order valence-electron chi connectivity index (χ4n) is 4.62. The van der Waals surface area contributed by atoms with E-state index in [4.69, 9.17) is 5.73 Å². The number of sulfone groups is 1. The Bertz CT molecular complexity index is 1260. The van der Waals surface area contributed by atoms with E-state index < -0.39 is 31.4 Å². The average Bonchev–Trinajstić information content (AvgIpc) is 2.66. The van der Waals surface area contributed by atoms with Crippen molar-refractivity contribution in [2.75, 3.05) is 0 Å². The number of aromatic nitrogens is 1. The van der Waals surface area contributed by atoms with Crippen LogP contribution in [0.1, 0.15) is 58.9 Å². The summed E-state index contributed by atoms with van der Waals surface area (Å²) in [7, 11) is -4.34. The number of amidine groups is 1. The Labute approximate surface area is 185 Å². The van der Waals surface area contributed by atoms with E-state index in [1.807, 2.05) is 13.0 Å². The largest absolute Gasteiger partial charge is 0.386 e. The second-order valence-corrected chi connectivity index (χ2v) is 11.2. The second kappa shape index (κ2) is 7.43. The molecule has 2 aliphatic rings. The number of ketones is 1. The first-order valence-electron chi connectivity index (χ1n) is 10.4. The maximum absolute atomic E-state index is 15.5. The third-order valence-corrected chi connectivity index (χ3v) is 9.37. The number of carbonyl (C=O) groups is 1. The predicted molar refractivity (Wildman–Crippen MR) is 118 cm³/mol. The van der Waals surface area contributed by atoms with E-state index >= 15 is 4.39 Å². The van der Waals surface area contributed by atoms with Gasteiger partial charge in [-0.15, -0.1) is 0 Å². The smallest absolute Gasteiger partial charge is 0.230 e. The van der Waals surface area contributed by atoms with Crippen LogP contribution in [0.4, 0.5) is 8.78 Å². The van der Waals surface area contributed by atoms with Gasteiger partial charge in [0.15, 0.2) is 15.6 Å². The Kier molecular flexibility index (Phi) is 5.23. The van der Waals surface area contributed by atoms with Crippen LogP contribution in [0.25, 0.3) is 0 Å². The lowest BCUT2D eigenvalue weighted by molar-refractivity contribution is 0.0987. The highest BCUT2D eigenvalue weighted by molar-refractivity contribution is 7.94. The summed E-state index contributed by atoms with van der Waals surface area (Å²) in [6.07, 6.45) is 2.51. The Morgan fingerprint density at radius 3 is 2.53 bits per heavy atom. The molecule has 0 unspecified atom stereocenters. The fraction of sp³-hybridized carbons (Fsp3) is 0.435. The van der Waals surface area contributed by atoms with Gasteiger partial charge in [0.25, 0.3) is 0 Å². The number of hydrogen-bond donors (Lipinski definition) is 1. The predicted octanol–water partition coefficient (Wildman–Crippen LogP) is 3.48. The molecular weight excluding hydrogens is 436 g/mol. The van der Waals surface area contributed by atoms with Gasteiger partial charge in [0.2, 0.25) is 5.50 Å². The van der Waals surface area contributed by atoms with Crippen molar-refractivity contribution in [2.45, 2.75) is 62.2 Å². The highest BCUT2D eigenvalue weighted by Crippen LogP contribution is 2.51. The van der Waals surface area contributed by atoms with Crippen molar-refractivity contribution in [1.82, 2.24) is 4.98 Å². The van der Waals surface area contributed by atoms with E-state index in [1.165, 1.54) is 19.1 Å². The number of aryl methyl sites for hydroxylation is 2. The van der Waals surface area contributed by atoms with E-state index in [0.717, 1.165) is 17.2 Å². The van der Waals surface area contributed by atoms with Crippen LogP contribution in [0.3, 0.4) is 0 Å². The van der Waals surface area contributed by atoms with Gasteiger partial charge in [-0.05, 0) is 68.9 Å². The Hall–Kier alpha value is -2.68. The molecule has 0 bridgehead atoms. The molecule has 0 radical (unpaired) electrons. The SMILES string of the molecule is Cc1cnc(C(=O)Cc2ccc(F)c([C@@]3(C)N=C(N)C4(CCC4)S(=O)(=O)[C@@H]3F)c2)c(C)c1. The van der Waals surface area contributed by atoms with Gasteiger partial charge in [-0.1, -0.05) is 12.1 Å². The summed E-state index contributed by atoms with van der Waals surface area (Å²) in [4.78, 5) is 21.2. The molecule has 1 fully saturated rings. The number of carbonyl (C=O) groups excluding carboxylic acids is 1. The lowest BCUT2D eigenvalue weighted by atomic mass is 9.82. The van der Waals surface area contributed by atoms with Crippen LogP contribution in [-0.2, 0) is 21.8 Å². The van der Waals surface area contributed by atoms with E-state index in [0.29, 0.717) is 17.7 Å². The van der Waals surface area contributed by atoms with Gasteiger partial charge in [-0.2, -0.15) is 0 Å². The molecule has 32 heavy (non-hydrogen) atoms. The number of nitrogens with zero attached hydrogens (tertiary/aromatic N) is 2. The second-order valence-electron chi connectivity index (χ2n) is 8.95. The molecule has 170 valence electrons. The van der Waals surface area contributed by atoms with Crippen molar-refractivity contribution < 1.29 is 22.0 Å². The van der Waals surface area contributed by atoms with Crippen molar-refractivity contribution >= 4 is 21.5 Å². The van der Waals surface area contributed by atoms with Crippen molar-refractivity contribution in [1.29, 1.82) is 0 Å². The number of benzene rings is 1. The summed E-state index contributed by atoms with van der Waals surface area (Å²) in [6.45, 7) is 4.87. The van der Waals surface area contributed by atoms with Crippen LogP contribution in [0.2, 0.25) is 0 Å². The number of halogens is 2. The van der Waals surface area contributed by atoms with Gasteiger partial charge in [0.1, 0.15) is 27.6 Å². The number of hydrogen-bond acceptors (Lipinski definition) is 6. The summed E-state index contributed by atoms with van der Waals surface area (Å²) in [6, 6.07) is 5.65. The third kappa shape index (κ3) is 3.17. The highest BCUT2D eigenvalue weighted by Gasteiger charge is 2.64. The van der Waals surface area contributed by atoms with Gasteiger partial charge in [0.05, 0.1) is 0 Å². The molecule has 2 N–H and O–H groups in total. The number of Topliss-reactive ketones (excluding diaryl/α,β-unsaturated/α-hetero) is 1. The molecule has 4 rings (SSSR count). The molecule has 1 aliphatic carbocycles. The van der Waals surface area contributed by atoms with Crippen LogP contribution >= 0.6 is 0 Å². The summed E-state index contributed by atoms with van der Waals surface area (Å²) in [5, 5.41) is 0. The highest BCUT2D eigenvalue weighted by atomic mass is 32.2. The van der Waals surface area contributed by atoms with Crippen LogP contribution < -0.4 is 5.73 Å². The maximum Gasteiger partial charge on any atom is 0.230 e. The van der Waals surface area contributed by atoms with E-state index in [2.05, 4.69) is 9.98 Å². The van der Waals surface area contributed by atoms with Crippen LogP contribution in [-0.4, -0.2) is 35.3 Å². The topological polar surface area (TPSA) is 102 Å². The zero-order chi connectivity index (χ0) is 23.5. The summed E-state index contributed by atoms with van der Waals surface area (Å²) in [5.41, 5.74) is 3.60. The molecule has 0 saturated heterocycles.